The third-order valence-corrected chi connectivity index (χ3v) is 11.2. The average Bonchev–Trinajstić information content (AvgIpc) is 3.11. The monoisotopic (exact) mass is 490 g/mol. The lowest BCUT2D eigenvalue weighted by Gasteiger charge is -2.62. The van der Waals surface area contributed by atoms with Crippen molar-refractivity contribution in [1.82, 2.24) is 0 Å². The molecule has 4 rings (SSSR count). The predicted molar refractivity (Wildman–Crippen MR) is 136 cm³/mol. The molecule has 0 saturated heterocycles. The molecule has 2 N–H and O–H groups in total. The molecule has 10 atom stereocenters. The minimum Gasteiger partial charge on any atom is -0.393 e. The zero-order valence-electron chi connectivity index (χ0n) is 23.0. The first kappa shape index (κ1) is 27.1. The van der Waals surface area contributed by atoms with E-state index in [0.717, 1.165) is 32.1 Å². The quantitative estimate of drug-likeness (QED) is 0.370. The second kappa shape index (κ2) is 9.74. The number of carbonyl (C=O) groups excluding carboxylic acids is 2. The summed E-state index contributed by atoms with van der Waals surface area (Å²) in [6.45, 7) is 12.9. The van der Waals surface area contributed by atoms with Crippen molar-refractivity contribution in [3.05, 3.63) is 0 Å². The van der Waals surface area contributed by atoms with Crippen molar-refractivity contribution >= 4 is 11.9 Å². The van der Waals surface area contributed by atoms with Gasteiger partial charge in [0.05, 0.1) is 18.6 Å². The van der Waals surface area contributed by atoms with E-state index in [1.165, 1.54) is 19.3 Å². The zero-order chi connectivity index (χ0) is 25.8. The molecule has 35 heavy (non-hydrogen) atoms. The topological polar surface area (TPSA) is 83.8 Å². The summed E-state index contributed by atoms with van der Waals surface area (Å²) >= 11 is 0. The van der Waals surface area contributed by atoms with Crippen LogP contribution in [0.3, 0.4) is 0 Å². The Bertz CT molecular complexity index is 801. The lowest BCUT2D eigenvalue weighted by molar-refractivity contribution is -0.175. The molecular weight excluding hydrogens is 440 g/mol. The van der Waals surface area contributed by atoms with Gasteiger partial charge in [-0.25, -0.2) is 0 Å². The van der Waals surface area contributed by atoms with Crippen LogP contribution in [0.25, 0.3) is 0 Å². The van der Waals surface area contributed by atoms with Crippen molar-refractivity contribution in [2.45, 2.75) is 124 Å². The summed E-state index contributed by atoms with van der Waals surface area (Å²) in [4.78, 5) is 24.4. The Balaban J connectivity index is 1.40. The molecule has 5 heteroatoms. The van der Waals surface area contributed by atoms with Gasteiger partial charge in [-0.1, -0.05) is 41.5 Å². The van der Waals surface area contributed by atoms with Crippen LogP contribution in [0, 0.1) is 51.8 Å². The van der Waals surface area contributed by atoms with Crippen molar-refractivity contribution in [3.63, 3.8) is 0 Å². The van der Waals surface area contributed by atoms with E-state index in [9.17, 15) is 19.8 Å². The fourth-order valence-corrected chi connectivity index (χ4v) is 9.35. The van der Waals surface area contributed by atoms with Gasteiger partial charge in [0.15, 0.2) is 0 Å². The fourth-order valence-electron chi connectivity index (χ4n) is 9.35. The molecule has 4 aliphatic rings. The summed E-state index contributed by atoms with van der Waals surface area (Å²) in [5.74, 6) is 2.19. The van der Waals surface area contributed by atoms with Gasteiger partial charge < -0.3 is 14.9 Å². The smallest absolute Gasteiger partial charge is 0.313 e. The lowest BCUT2D eigenvalue weighted by Crippen LogP contribution is -2.58. The summed E-state index contributed by atoms with van der Waals surface area (Å²) in [7, 11) is 0. The Morgan fingerprint density at radius 2 is 1.69 bits per heavy atom. The molecule has 200 valence electrons. The summed E-state index contributed by atoms with van der Waals surface area (Å²) in [5, 5.41) is 22.0. The molecule has 4 saturated carbocycles. The highest BCUT2D eigenvalue weighted by atomic mass is 16.6. The standard InChI is InChI=1S/C30H50O5/c1-18(7-12-26(33)35-27(34)17-28(2,3)4)22-10-11-23-21-9-8-19-15-20(31)13-14-29(19,5)24(21)16-25(32)30(22,23)6/h18-25,31-32H,7-17H2,1-6H3/t18-,19-,20-,21+,22?,23+,24+,25+,29+,30-/m1/s1. The Morgan fingerprint density at radius 3 is 2.37 bits per heavy atom. The van der Waals surface area contributed by atoms with Gasteiger partial charge in [-0.15, -0.1) is 0 Å². The van der Waals surface area contributed by atoms with E-state index < -0.39 is 11.9 Å². The van der Waals surface area contributed by atoms with Gasteiger partial charge in [0.1, 0.15) is 0 Å². The van der Waals surface area contributed by atoms with Crippen molar-refractivity contribution in [1.29, 1.82) is 0 Å². The summed E-state index contributed by atoms with van der Waals surface area (Å²) in [6.07, 6.45) is 9.28. The number of aliphatic hydroxyl groups excluding tert-OH is 2. The first-order valence-corrected chi connectivity index (χ1v) is 14.4. The van der Waals surface area contributed by atoms with Crippen LogP contribution in [0.5, 0.6) is 0 Å². The second-order valence-corrected chi connectivity index (χ2v) is 14.5. The second-order valence-electron chi connectivity index (χ2n) is 14.5. The van der Waals surface area contributed by atoms with Crippen LogP contribution < -0.4 is 0 Å². The third kappa shape index (κ3) is 5.10. The largest absolute Gasteiger partial charge is 0.393 e. The highest BCUT2D eigenvalue weighted by Gasteiger charge is 2.63. The van der Waals surface area contributed by atoms with Crippen molar-refractivity contribution < 1.29 is 24.5 Å². The highest BCUT2D eigenvalue weighted by Crippen LogP contribution is 2.68. The van der Waals surface area contributed by atoms with E-state index in [-0.39, 0.29) is 41.3 Å². The number of fused-ring (bicyclic) bond motifs is 5. The SMILES string of the molecule is C[C@H](CCC(=O)OC(=O)CC(C)(C)C)C1CC[C@H]2[C@@H]3CC[C@@H]4C[C@H](O)CC[C@]4(C)[C@H]3C[C@H](O)[C@]12C. The number of carbonyl (C=O) groups is 2. The average molecular weight is 491 g/mol. The molecule has 0 radical (unpaired) electrons. The maximum atomic E-state index is 12.4. The number of rotatable bonds is 5. The molecule has 0 aromatic carbocycles. The Morgan fingerprint density at radius 1 is 0.971 bits per heavy atom. The van der Waals surface area contributed by atoms with Gasteiger partial charge in [0, 0.05) is 6.42 Å². The van der Waals surface area contributed by atoms with Crippen molar-refractivity contribution in [3.8, 4) is 0 Å². The van der Waals surface area contributed by atoms with Crippen LogP contribution in [-0.4, -0.2) is 34.4 Å². The van der Waals surface area contributed by atoms with E-state index >= 15 is 0 Å². The van der Waals surface area contributed by atoms with Crippen LogP contribution in [0.2, 0.25) is 0 Å². The van der Waals surface area contributed by atoms with Gasteiger partial charge in [0.25, 0.3) is 0 Å². The van der Waals surface area contributed by atoms with Crippen LogP contribution in [0.1, 0.15) is 112 Å². The van der Waals surface area contributed by atoms with Crippen LogP contribution in [0.15, 0.2) is 0 Å². The minimum absolute atomic E-state index is 0.107. The maximum absolute atomic E-state index is 12.4. The molecule has 5 nitrogen and oxygen atoms in total. The van der Waals surface area contributed by atoms with Crippen LogP contribution in [0.4, 0.5) is 0 Å². The Kier molecular flexibility index (Phi) is 7.54. The van der Waals surface area contributed by atoms with Gasteiger partial charge in [-0.3, -0.25) is 9.59 Å². The fraction of sp³-hybridized carbons (Fsp3) is 0.933. The number of hydrogen-bond donors (Lipinski definition) is 2. The molecule has 0 aliphatic heterocycles. The first-order valence-electron chi connectivity index (χ1n) is 14.4. The van der Waals surface area contributed by atoms with Gasteiger partial charge >= 0.3 is 11.9 Å². The molecule has 0 bridgehead atoms. The molecule has 4 aliphatic carbocycles. The number of esters is 2. The third-order valence-electron chi connectivity index (χ3n) is 11.2. The van der Waals surface area contributed by atoms with Crippen LogP contribution >= 0.6 is 0 Å². The van der Waals surface area contributed by atoms with E-state index in [1.807, 2.05) is 20.8 Å². The van der Waals surface area contributed by atoms with E-state index in [2.05, 4.69) is 20.8 Å². The van der Waals surface area contributed by atoms with Crippen molar-refractivity contribution in [2.75, 3.05) is 0 Å². The molecule has 1 unspecified atom stereocenters. The van der Waals surface area contributed by atoms with E-state index in [4.69, 9.17) is 4.74 Å². The van der Waals surface area contributed by atoms with Crippen molar-refractivity contribution in [2.24, 2.45) is 51.8 Å². The van der Waals surface area contributed by atoms with Gasteiger partial charge in [-0.05, 0) is 110 Å². The van der Waals surface area contributed by atoms with Gasteiger partial charge in [-0.2, -0.15) is 0 Å². The number of aliphatic hydroxyl groups is 2. The minimum atomic E-state index is -0.434. The number of hydrogen-bond acceptors (Lipinski definition) is 5. The predicted octanol–water partition coefficient (Wildman–Crippen LogP) is 5.90. The zero-order valence-corrected chi connectivity index (χ0v) is 23.0. The summed E-state index contributed by atoms with van der Waals surface area (Å²) in [6, 6.07) is 0. The molecule has 0 aromatic heterocycles. The molecular formula is C30H50O5. The maximum Gasteiger partial charge on any atom is 0.313 e. The van der Waals surface area contributed by atoms with Gasteiger partial charge in [0.2, 0.25) is 0 Å². The molecule has 0 heterocycles. The Hall–Kier alpha value is -0.940. The highest BCUT2D eigenvalue weighted by molar-refractivity contribution is 5.85. The lowest BCUT2D eigenvalue weighted by atomic mass is 9.43. The van der Waals surface area contributed by atoms with E-state index in [1.54, 1.807) is 0 Å². The normalized spacial score (nSPS) is 44.1. The van der Waals surface area contributed by atoms with E-state index in [0.29, 0.717) is 41.9 Å². The molecule has 0 aromatic rings. The first-order chi connectivity index (χ1) is 16.3. The summed E-state index contributed by atoms with van der Waals surface area (Å²) in [5.41, 5.74) is -0.0534. The molecule has 0 spiro atoms. The summed E-state index contributed by atoms with van der Waals surface area (Å²) < 4.78 is 5.09. The molecule has 4 fully saturated rings. The molecule has 0 amide bonds. The Labute approximate surface area is 212 Å². The number of ether oxygens (including phenoxy) is 1. The van der Waals surface area contributed by atoms with Crippen LogP contribution in [-0.2, 0) is 14.3 Å².